The zero-order valence-electron chi connectivity index (χ0n) is 9.75. The number of ether oxygens (including phenoxy) is 1. The van der Waals surface area contributed by atoms with E-state index >= 15 is 0 Å². The van der Waals surface area contributed by atoms with Crippen LogP contribution >= 0.6 is 15.9 Å². The molecule has 4 heteroatoms. The minimum Gasteiger partial charge on any atom is -0.490 e. The SMILES string of the molecule is CC(C)C(C)Oc1ccc(Br)cc1C(=N)N. The summed E-state index contributed by atoms with van der Waals surface area (Å²) in [6.07, 6.45) is 0.0966. The van der Waals surface area contributed by atoms with Gasteiger partial charge in [0.1, 0.15) is 11.6 Å². The lowest BCUT2D eigenvalue weighted by atomic mass is 10.1. The number of rotatable bonds is 4. The van der Waals surface area contributed by atoms with Crippen LogP contribution in [0.5, 0.6) is 5.75 Å². The lowest BCUT2D eigenvalue weighted by molar-refractivity contribution is 0.170. The molecule has 0 bridgehead atoms. The first-order chi connectivity index (χ1) is 7.41. The van der Waals surface area contributed by atoms with E-state index < -0.39 is 0 Å². The van der Waals surface area contributed by atoms with Crippen molar-refractivity contribution in [2.45, 2.75) is 26.9 Å². The fourth-order valence-corrected chi connectivity index (χ4v) is 1.51. The van der Waals surface area contributed by atoms with Crippen LogP contribution in [0.1, 0.15) is 26.3 Å². The number of hydrogen-bond acceptors (Lipinski definition) is 2. The Morgan fingerprint density at radius 2 is 2.00 bits per heavy atom. The van der Waals surface area contributed by atoms with Gasteiger partial charge in [0.25, 0.3) is 0 Å². The molecule has 0 saturated heterocycles. The van der Waals surface area contributed by atoms with Crippen molar-refractivity contribution in [2.75, 3.05) is 0 Å². The largest absolute Gasteiger partial charge is 0.490 e. The third kappa shape index (κ3) is 3.23. The first kappa shape index (κ1) is 13.0. The van der Waals surface area contributed by atoms with E-state index in [1.807, 2.05) is 19.1 Å². The van der Waals surface area contributed by atoms with E-state index in [4.69, 9.17) is 15.9 Å². The molecule has 88 valence electrons. The molecule has 0 saturated carbocycles. The van der Waals surface area contributed by atoms with Crippen LogP contribution in [0, 0.1) is 11.3 Å². The van der Waals surface area contributed by atoms with Gasteiger partial charge in [-0.05, 0) is 31.0 Å². The van der Waals surface area contributed by atoms with Crippen LogP contribution in [-0.2, 0) is 0 Å². The van der Waals surface area contributed by atoms with Crippen molar-refractivity contribution < 1.29 is 4.74 Å². The fraction of sp³-hybridized carbons (Fsp3) is 0.417. The minimum absolute atomic E-state index is 0.0206. The summed E-state index contributed by atoms with van der Waals surface area (Å²) in [6.45, 7) is 6.20. The highest BCUT2D eigenvalue weighted by atomic mass is 79.9. The number of amidine groups is 1. The maximum Gasteiger partial charge on any atom is 0.130 e. The molecule has 1 aromatic rings. The van der Waals surface area contributed by atoms with Crippen LogP contribution in [0.25, 0.3) is 0 Å². The Balaban J connectivity index is 2.99. The zero-order valence-corrected chi connectivity index (χ0v) is 11.3. The molecule has 0 aromatic heterocycles. The van der Waals surface area contributed by atoms with Crippen LogP contribution in [0.4, 0.5) is 0 Å². The monoisotopic (exact) mass is 284 g/mol. The van der Waals surface area contributed by atoms with Crippen molar-refractivity contribution in [2.24, 2.45) is 11.7 Å². The number of hydrogen-bond donors (Lipinski definition) is 2. The summed E-state index contributed by atoms with van der Waals surface area (Å²) in [7, 11) is 0. The Kier molecular flexibility index (Phi) is 4.35. The van der Waals surface area contributed by atoms with Crippen LogP contribution in [-0.4, -0.2) is 11.9 Å². The Labute approximate surface area is 105 Å². The number of nitrogens with two attached hydrogens (primary N) is 1. The van der Waals surface area contributed by atoms with Gasteiger partial charge in [-0.2, -0.15) is 0 Å². The van der Waals surface area contributed by atoms with Crippen LogP contribution in [0.2, 0.25) is 0 Å². The zero-order chi connectivity index (χ0) is 12.3. The van der Waals surface area contributed by atoms with Crippen molar-refractivity contribution in [3.8, 4) is 5.75 Å². The molecule has 0 spiro atoms. The molecule has 3 N–H and O–H groups in total. The lowest BCUT2D eigenvalue weighted by Gasteiger charge is -2.20. The molecule has 1 aromatic carbocycles. The van der Waals surface area contributed by atoms with Crippen LogP contribution in [0.15, 0.2) is 22.7 Å². The molecule has 1 atom stereocenters. The predicted octanol–water partition coefficient (Wildman–Crippen LogP) is 3.16. The lowest BCUT2D eigenvalue weighted by Crippen LogP contribution is -2.21. The van der Waals surface area contributed by atoms with E-state index in [9.17, 15) is 0 Å². The summed E-state index contributed by atoms with van der Waals surface area (Å²) in [6, 6.07) is 5.51. The molecule has 0 amide bonds. The summed E-state index contributed by atoms with van der Waals surface area (Å²) in [5.74, 6) is 1.10. The fourth-order valence-electron chi connectivity index (χ4n) is 1.15. The molecule has 0 radical (unpaired) electrons. The molecule has 0 aliphatic heterocycles. The number of halogens is 1. The summed E-state index contributed by atoms with van der Waals surface area (Å²) >= 11 is 3.35. The van der Waals surface area contributed by atoms with Crippen molar-refractivity contribution in [3.05, 3.63) is 28.2 Å². The molecule has 0 aliphatic rings. The third-order valence-electron chi connectivity index (χ3n) is 2.48. The molecule has 1 rings (SSSR count). The maximum atomic E-state index is 7.50. The second-order valence-corrected chi connectivity index (χ2v) is 5.04. The van der Waals surface area contributed by atoms with Crippen LogP contribution in [0.3, 0.4) is 0 Å². The molecule has 0 heterocycles. The first-order valence-corrected chi connectivity index (χ1v) is 6.01. The van der Waals surface area contributed by atoms with E-state index in [1.165, 1.54) is 0 Å². The van der Waals surface area contributed by atoms with E-state index in [0.29, 0.717) is 17.2 Å². The molecule has 0 fully saturated rings. The second kappa shape index (κ2) is 5.34. The average Bonchev–Trinajstić information content (AvgIpc) is 2.20. The molecule has 16 heavy (non-hydrogen) atoms. The summed E-state index contributed by atoms with van der Waals surface area (Å²) in [5.41, 5.74) is 6.14. The number of benzene rings is 1. The van der Waals surface area contributed by atoms with E-state index in [1.54, 1.807) is 6.07 Å². The Morgan fingerprint density at radius 1 is 1.38 bits per heavy atom. The third-order valence-corrected chi connectivity index (χ3v) is 2.98. The molecule has 0 aliphatic carbocycles. The summed E-state index contributed by atoms with van der Waals surface area (Å²) in [4.78, 5) is 0. The minimum atomic E-state index is 0.0206. The topological polar surface area (TPSA) is 59.1 Å². The van der Waals surface area contributed by atoms with Gasteiger partial charge in [0, 0.05) is 4.47 Å². The Bertz CT molecular complexity index is 391. The molecule has 3 nitrogen and oxygen atoms in total. The van der Waals surface area contributed by atoms with Gasteiger partial charge in [-0.3, -0.25) is 5.41 Å². The Morgan fingerprint density at radius 3 is 2.50 bits per heavy atom. The van der Waals surface area contributed by atoms with Crippen molar-refractivity contribution >= 4 is 21.8 Å². The van der Waals surface area contributed by atoms with Crippen LogP contribution < -0.4 is 10.5 Å². The molecular weight excluding hydrogens is 268 g/mol. The van der Waals surface area contributed by atoms with Crippen molar-refractivity contribution in [1.29, 1.82) is 5.41 Å². The van der Waals surface area contributed by atoms with Gasteiger partial charge in [0.15, 0.2) is 0 Å². The van der Waals surface area contributed by atoms with Crippen molar-refractivity contribution in [1.82, 2.24) is 0 Å². The predicted molar refractivity (Wildman–Crippen MR) is 70.1 cm³/mol. The quantitative estimate of drug-likeness (QED) is 0.659. The molecular formula is C12H17BrN2O. The van der Waals surface area contributed by atoms with Gasteiger partial charge in [-0.1, -0.05) is 29.8 Å². The second-order valence-electron chi connectivity index (χ2n) is 4.12. The van der Waals surface area contributed by atoms with E-state index in [-0.39, 0.29) is 11.9 Å². The Hall–Kier alpha value is -1.03. The van der Waals surface area contributed by atoms with Gasteiger partial charge >= 0.3 is 0 Å². The van der Waals surface area contributed by atoms with Crippen molar-refractivity contribution in [3.63, 3.8) is 0 Å². The maximum absolute atomic E-state index is 7.50. The molecule has 1 unspecified atom stereocenters. The highest BCUT2D eigenvalue weighted by molar-refractivity contribution is 9.10. The van der Waals surface area contributed by atoms with Gasteiger partial charge in [-0.25, -0.2) is 0 Å². The standard InChI is InChI=1S/C12H17BrN2O/c1-7(2)8(3)16-11-5-4-9(13)6-10(11)12(14)15/h4-8H,1-3H3,(H3,14,15). The number of nitrogens with one attached hydrogen (secondary N) is 1. The normalized spacial score (nSPS) is 12.6. The van der Waals surface area contributed by atoms with Gasteiger partial charge in [0.05, 0.1) is 11.7 Å². The first-order valence-electron chi connectivity index (χ1n) is 5.22. The van der Waals surface area contributed by atoms with E-state index in [0.717, 1.165) is 4.47 Å². The smallest absolute Gasteiger partial charge is 0.130 e. The summed E-state index contributed by atoms with van der Waals surface area (Å²) in [5, 5.41) is 7.50. The average molecular weight is 285 g/mol. The highest BCUT2D eigenvalue weighted by Gasteiger charge is 2.13. The van der Waals surface area contributed by atoms with E-state index in [2.05, 4.69) is 29.8 Å². The van der Waals surface area contributed by atoms with Gasteiger partial charge < -0.3 is 10.5 Å². The van der Waals surface area contributed by atoms with Gasteiger partial charge in [0.2, 0.25) is 0 Å². The highest BCUT2D eigenvalue weighted by Crippen LogP contribution is 2.24. The number of nitrogen functional groups attached to an aromatic ring is 1. The van der Waals surface area contributed by atoms with Gasteiger partial charge in [-0.15, -0.1) is 0 Å². The summed E-state index contributed by atoms with van der Waals surface area (Å²) < 4.78 is 6.67.